The molecule has 2 unspecified atom stereocenters. The fourth-order valence-electron chi connectivity index (χ4n) is 5.05. The van der Waals surface area contributed by atoms with E-state index in [1.807, 2.05) is 57.7 Å². The summed E-state index contributed by atoms with van der Waals surface area (Å²) in [7, 11) is 0. The van der Waals surface area contributed by atoms with Gasteiger partial charge in [0.2, 0.25) is 0 Å². The Kier molecular flexibility index (Phi) is 9.32. The molecule has 0 aliphatic carbocycles. The highest BCUT2D eigenvalue weighted by molar-refractivity contribution is 9.10. The molecule has 39 heavy (non-hydrogen) atoms. The Hall–Kier alpha value is -2.52. The van der Waals surface area contributed by atoms with E-state index in [1.165, 1.54) is 0 Å². The van der Waals surface area contributed by atoms with Crippen molar-refractivity contribution >= 4 is 50.5 Å². The summed E-state index contributed by atoms with van der Waals surface area (Å²) < 4.78 is 13.0. The van der Waals surface area contributed by atoms with Crippen LogP contribution in [0.2, 0.25) is 0 Å². The number of anilines is 1. The van der Waals surface area contributed by atoms with Crippen LogP contribution in [-0.2, 0) is 11.3 Å². The Balaban J connectivity index is 0.00000172. The van der Waals surface area contributed by atoms with E-state index >= 15 is 0 Å². The van der Waals surface area contributed by atoms with Crippen molar-refractivity contribution < 1.29 is 14.3 Å². The predicted molar refractivity (Wildman–Crippen MR) is 163 cm³/mol. The minimum absolute atomic E-state index is 0.109. The van der Waals surface area contributed by atoms with Crippen LogP contribution in [0, 0.1) is 6.92 Å². The van der Waals surface area contributed by atoms with Gasteiger partial charge in [-0.3, -0.25) is 0 Å². The van der Waals surface area contributed by atoms with Crippen LogP contribution in [0.5, 0.6) is 5.75 Å². The predicted octanol–water partition coefficient (Wildman–Crippen LogP) is 7.62. The van der Waals surface area contributed by atoms with Gasteiger partial charge in [0.25, 0.3) is 0 Å². The Bertz CT molecular complexity index is 1320. The molecule has 3 heterocycles. The van der Waals surface area contributed by atoms with Crippen molar-refractivity contribution in [3.63, 3.8) is 0 Å². The lowest BCUT2D eigenvalue weighted by molar-refractivity contribution is 0.0214. The summed E-state index contributed by atoms with van der Waals surface area (Å²) in [5, 5.41) is 1.71. The number of rotatable bonds is 6. The quantitative estimate of drug-likeness (QED) is 0.209. The number of carbonyl (C=O) groups is 1. The van der Waals surface area contributed by atoms with Crippen LogP contribution in [0.4, 0.5) is 10.6 Å². The lowest BCUT2D eigenvalue weighted by Crippen LogP contribution is -2.50. The van der Waals surface area contributed by atoms with E-state index in [2.05, 4.69) is 52.9 Å². The number of likely N-dealkylation sites (tertiary alicyclic amines) is 1. The first-order chi connectivity index (χ1) is 18.6. The van der Waals surface area contributed by atoms with Gasteiger partial charge in [0.1, 0.15) is 23.5 Å². The van der Waals surface area contributed by atoms with Gasteiger partial charge in [0.05, 0.1) is 16.6 Å². The van der Waals surface area contributed by atoms with Crippen LogP contribution in [-0.4, -0.2) is 57.5 Å². The largest absolute Gasteiger partial charge is 0.485 e. The molecule has 5 rings (SSSR count). The molecule has 2 bridgehead atoms. The Morgan fingerprint density at radius 1 is 1.13 bits per heavy atom. The first-order valence-corrected chi connectivity index (χ1v) is 15.5. The molecule has 2 saturated heterocycles. The molecule has 9 heteroatoms. The number of hydrogen-bond acceptors (Lipinski definition) is 7. The van der Waals surface area contributed by atoms with Crippen LogP contribution < -0.4 is 9.64 Å². The summed E-state index contributed by atoms with van der Waals surface area (Å²) in [5.41, 5.74) is 2.46. The number of benzene rings is 2. The molecule has 2 fully saturated rings. The molecule has 0 radical (unpaired) electrons. The highest BCUT2D eigenvalue weighted by Crippen LogP contribution is 2.43. The normalized spacial score (nSPS) is 18.3. The molecule has 0 N–H and O–H groups in total. The third-order valence-corrected chi connectivity index (χ3v) is 8.38. The number of piperazine rings is 1. The Morgan fingerprint density at radius 2 is 1.85 bits per heavy atom. The molecule has 2 aromatic carbocycles. The molecule has 2 aliphatic rings. The molecule has 3 aromatic rings. The fraction of sp³-hybridized carbons (Fsp3) is 0.500. The van der Waals surface area contributed by atoms with Gasteiger partial charge in [-0.05, 0) is 73.0 Å². The molecule has 2 atom stereocenters. The zero-order valence-corrected chi connectivity index (χ0v) is 26.4. The Labute approximate surface area is 244 Å². The molecule has 210 valence electrons. The van der Waals surface area contributed by atoms with E-state index in [0.717, 1.165) is 61.9 Å². The van der Waals surface area contributed by atoms with Crippen molar-refractivity contribution in [2.45, 2.75) is 84.3 Å². The highest BCUT2D eigenvalue weighted by Gasteiger charge is 2.47. The number of fused-ring (bicyclic) bond motifs is 3. The highest BCUT2D eigenvalue weighted by atomic mass is 79.9. The van der Waals surface area contributed by atoms with E-state index in [4.69, 9.17) is 19.4 Å². The maximum absolute atomic E-state index is 12.8. The van der Waals surface area contributed by atoms with E-state index in [9.17, 15) is 4.79 Å². The average Bonchev–Trinajstić information content (AvgIpc) is 3.52. The molecule has 7 nitrogen and oxygen atoms in total. The van der Waals surface area contributed by atoms with Gasteiger partial charge in [-0.1, -0.05) is 62.9 Å². The number of nitrogens with zero attached hydrogens (tertiary/aromatic N) is 4. The average molecular weight is 616 g/mol. The molecule has 2 aliphatic heterocycles. The van der Waals surface area contributed by atoms with Gasteiger partial charge < -0.3 is 19.3 Å². The SMILES string of the molecule is CC.CCSc1nc(N2CC3CC2CN3C(=O)OC(C)(C)C)c2cc(C)c(Br)c(OCc3ccccc3)c2n1. The molecular weight excluding hydrogens is 576 g/mol. The first kappa shape index (κ1) is 29.5. The second kappa shape index (κ2) is 12.3. The van der Waals surface area contributed by atoms with E-state index in [1.54, 1.807) is 11.8 Å². The zero-order valence-electron chi connectivity index (χ0n) is 24.0. The maximum atomic E-state index is 12.8. The number of thioether (sulfide) groups is 1. The summed E-state index contributed by atoms with van der Waals surface area (Å²) in [6.07, 6.45) is 0.680. The maximum Gasteiger partial charge on any atom is 0.410 e. The van der Waals surface area contributed by atoms with Crippen molar-refractivity contribution in [3.8, 4) is 5.75 Å². The van der Waals surface area contributed by atoms with Crippen molar-refractivity contribution in [2.24, 2.45) is 0 Å². The Morgan fingerprint density at radius 3 is 2.46 bits per heavy atom. The molecule has 1 aromatic heterocycles. The lowest BCUT2D eigenvalue weighted by atomic mass is 10.1. The third kappa shape index (κ3) is 6.46. The molecule has 0 saturated carbocycles. The number of carbonyl (C=O) groups excluding carboxylic acids is 1. The standard InChI is InChI=1S/C28H33BrN4O3S.C2H6/c1-6-37-26-30-23-21(12-17(2)22(29)24(23)35-16-18-10-8-7-9-11-18)25(31-26)32-14-20-13-19(32)15-33(20)27(34)36-28(3,4)5;1-2/h7-12,19-20H,6,13-16H2,1-5H3;1-2H3. The van der Waals surface area contributed by atoms with Gasteiger partial charge in [0.15, 0.2) is 10.9 Å². The van der Waals surface area contributed by atoms with Crippen molar-refractivity contribution in [1.29, 1.82) is 0 Å². The summed E-state index contributed by atoms with van der Waals surface area (Å²) >= 11 is 5.39. The molecule has 0 spiro atoms. The van der Waals surface area contributed by atoms with E-state index in [-0.39, 0.29) is 18.2 Å². The van der Waals surface area contributed by atoms with Crippen LogP contribution in [0.3, 0.4) is 0 Å². The van der Waals surface area contributed by atoms with Crippen LogP contribution >= 0.6 is 27.7 Å². The fourth-order valence-corrected chi connectivity index (χ4v) is 6.03. The summed E-state index contributed by atoms with van der Waals surface area (Å²) in [5.74, 6) is 2.52. The smallest absolute Gasteiger partial charge is 0.410 e. The number of ether oxygens (including phenoxy) is 2. The van der Waals surface area contributed by atoms with Crippen molar-refractivity contribution in [2.75, 3.05) is 23.7 Å². The van der Waals surface area contributed by atoms with Gasteiger partial charge >= 0.3 is 6.09 Å². The number of hydrogen-bond donors (Lipinski definition) is 0. The van der Waals surface area contributed by atoms with Crippen LogP contribution in [0.1, 0.15) is 59.1 Å². The third-order valence-electron chi connectivity index (χ3n) is 6.67. The summed E-state index contributed by atoms with van der Waals surface area (Å²) in [6.45, 7) is 15.7. The topological polar surface area (TPSA) is 67.8 Å². The number of amides is 1. The van der Waals surface area contributed by atoms with Gasteiger partial charge in [0, 0.05) is 18.5 Å². The van der Waals surface area contributed by atoms with E-state index in [0.29, 0.717) is 13.2 Å². The van der Waals surface area contributed by atoms with Gasteiger partial charge in [-0.25, -0.2) is 14.8 Å². The first-order valence-electron chi connectivity index (χ1n) is 13.7. The number of aromatic nitrogens is 2. The van der Waals surface area contributed by atoms with Crippen molar-refractivity contribution in [3.05, 3.63) is 52.0 Å². The number of halogens is 1. The molecular formula is C30H39BrN4O3S. The lowest BCUT2D eigenvalue weighted by Gasteiger charge is -2.36. The van der Waals surface area contributed by atoms with Crippen LogP contribution in [0.25, 0.3) is 10.9 Å². The minimum atomic E-state index is -0.505. The molecule has 1 amide bonds. The summed E-state index contributed by atoms with van der Waals surface area (Å²) in [6, 6.07) is 12.6. The monoisotopic (exact) mass is 614 g/mol. The van der Waals surface area contributed by atoms with Crippen molar-refractivity contribution in [1.82, 2.24) is 14.9 Å². The zero-order chi connectivity index (χ0) is 28.3. The minimum Gasteiger partial charge on any atom is -0.485 e. The summed E-state index contributed by atoms with van der Waals surface area (Å²) in [4.78, 5) is 27.0. The second-order valence-corrected chi connectivity index (χ2v) is 12.6. The van der Waals surface area contributed by atoms with Crippen LogP contribution in [0.15, 0.2) is 46.0 Å². The van der Waals surface area contributed by atoms with Gasteiger partial charge in [-0.15, -0.1) is 0 Å². The second-order valence-electron chi connectivity index (χ2n) is 10.6. The van der Waals surface area contributed by atoms with Gasteiger partial charge in [-0.2, -0.15) is 0 Å². The van der Waals surface area contributed by atoms with E-state index < -0.39 is 5.60 Å². The number of aryl methyl sites for hydroxylation is 1.